The van der Waals surface area contributed by atoms with Crippen LogP contribution < -0.4 is 0 Å². The average molecular weight is 705 g/mol. The Morgan fingerprint density at radius 1 is 0.820 bits per heavy atom. The molecule has 0 atom stereocenters. The lowest BCUT2D eigenvalue weighted by atomic mass is 9.80. The molecule has 1 spiro atoms. The highest BCUT2D eigenvalue weighted by Gasteiger charge is 2.51. The summed E-state index contributed by atoms with van der Waals surface area (Å²) in [5.41, 5.74) is 2.72. The average Bonchev–Trinajstić information content (AvgIpc) is 3.28. The van der Waals surface area contributed by atoms with Crippen LogP contribution in [0.15, 0.2) is 17.9 Å². The SMILES string of the molecule is Cc1cc(C)c(C2=C(O)[C@]3(CC[C@H](OCCOCCN4CCN(CCOCCOCCOCC(=O)OC(C)(C)C)CC4)CC3)OC2=O)c(C)c1. The third-order valence-electron chi connectivity index (χ3n) is 9.36. The van der Waals surface area contributed by atoms with E-state index in [2.05, 4.69) is 9.80 Å². The number of rotatable bonds is 19. The van der Waals surface area contributed by atoms with Gasteiger partial charge in [0.2, 0.25) is 0 Å². The lowest BCUT2D eigenvalue weighted by Crippen LogP contribution is -2.48. The van der Waals surface area contributed by atoms with Crippen molar-refractivity contribution in [3.8, 4) is 0 Å². The van der Waals surface area contributed by atoms with E-state index in [9.17, 15) is 14.7 Å². The summed E-state index contributed by atoms with van der Waals surface area (Å²) < 4.78 is 39.5. The molecule has 12 nitrogen and oxygen atoms in total. The number of nitrogens with zero attached hydrogens (tertiary/aromatic N) is 2. The molecule has 0 bridgehead atoms. The van der Waals surface area contributed by atoms with Crippen LogP contribution in [0.25, 0.3) is 5.57 Å². The van der Waals surface area contributed by atoms with E-state index < -0.39 is 17.2 Å². The Bertz CT molecular complexity index is 1250. The van der Waals surface area contributed by atoms with Gasteiger partial charge in [0.25, 0.3) is 0 Å². The highest BCUT2D eigenvalue weighted by molar-refractivity contribution is 6.20. The predicted octanol–water partition coefficient (Wildman–Crippen LogP) is 4.16. The first kappa shape index (κ1) is 40.2. The Morgan fingerprint density at radius 2 is 1.32 bits per heavy atom. The summed E-state index contributed by atoms with van der Waals surface area (Å²) >= 11 is 0. The second kappa shape index (κ2) is 19.3. The third kappa shape index (κ3) is 12.3. The molecule has 2 heterocycles. The number of hydrogen-bond acceptors (Lipinski definition) is 12. The molecule has 1 saturated heterocycles. The van der Waals surface area contributed by atoms with Crippen LogP contribution in [0.2, 0.25) is 0 Å². The molecule has 2 aliphatic heterocycles. The first-order chi connectivity index (χ1) is 23.9. The Morgan fingerprint density at radius 3 is 1.86 bits per heavy atom. The van der Waals surface area contributed by atoms with E-state index in [-0.39, 0.29) is 24.4 Å². The molecular formula is C38H60N2O10. The zero-order valence-electron chi connectivity index (χ0n) is 31.2. The van der Waals surface area contributed by atoms with Crippen LogP contribution in [0.3, 0.4) is 0 Å². The number of hydrogen-bond donors (Lipinski definition) is 1. The molecule has 4 rings (SSSR count). The fourth-order valence-electron chi connectivity index (χ4n) is 6.93. The van der Waals surface area contributed by atoms with Gasteiger partial charge >= 0.3 is 11.9 Å². The number of esters is 2. The number of aryl methyl sites for hydroxylation is 3. The molecule has 12 heteroatoms. The van der Waals surface area contributed by atoms with Crippen molar-refractivity contribution in [2.45, 2.75) is 84.5 Å². The Labute approximate surface area is 298 Å². The van der Waals surface area contributed by atoms with Crippen molar-refractivity contribution >= 4 is 17.5 Å². The number of benzene rings is 1. The van der Waals surface area contributed by atoms with Crippen LogP contribution in [-0.4, -0.2) is 143 Å². The summed E-state index contributed by atoms with van der Waals surface area (Å²) in [5.74, 6) is -0.730. The van der Waals surface area contributed by atoms with E-state index in [0.717, 1.165) is 61.5 Å². The zero-order valence-corrected chi connectivity index (χ0v) is 31.2. The number of carbonyl (C=O) groups is 2. The molecule has 3 aliphatic rings. The van der Waals surface area contributed by atoms with E-state index >= 15 is 0 Å². The molecule has 1 aromatic rings. The first-order valence-electron chi connectivity index (χ1n) is 18.2. The molecule has 1 aliphatic carbocycles. The number of aliphatic hydroxyl groups excluding tert-OH is 1. The molecular weight excluding hydrogens is 644 g/mol. The van der Waals surface area contributed by atoms with Gasteiger partial charge in [0.15, 0.2) is 11.4 Å². The number of ether oxygens (including phenoxy) is 7. The number of piperazine rings is 1. The predicted molar refractivity (Wildman–Crippen MR) is 189 cm³/mol. The van der Waals surface area contributed by atoms with Gasteiger partial charge in [-0.2, -0.15) is 0 Å². The van der Waals surface area contributed by atoms with Gasteiger partial charge in [-0.05, 0) is 83.9 Å². The summed E-state index contributed by atoms with van der Waals surface area (Å²) in [4.78, 5) is 29.4. The van der Waals surface area contributed by atoms with E-state index in [4.69, 9.17) is 33.2 Å². The summed E-state index contributed by atoms with van der Waals surface area (Å²) in [6, 6.07) is 4.07. The van der Waals surface area contributed by atoms with Crippen molar-refractivity contribution in [1.82, 2.24) is 9.80 Å². The molecule has 0 unspecified atom stereocenters. The molecule has 50 heavy (non-hydrogen) atoms. The zero-order chi connectivity index (χ0) is 36.1. The van der Waals surface area contributed by atoms with Crippen LogP contribution in [-0.2, 0) is 42.7 Å². The summed E-state index contributed by atoms with van der Waals surface area (Å²) in [6.45, 7) is 21.4. The van der Waals surface area contributed by atoms with Crippen LogP contribution in [0.4, 0.5) is 0 Å². The lowest BCUT2D eigenvalue weighted by molar-refractivity contribution is -0.160. The monoisotopic (exact) mass is 704 g/mol. The smallest absolute Gasteiger partial charge is 0.343 e. The molecule has 0 radical (unpaired) electrons. The van der Waals surface area contributed by atoms with Crippen molar-refractivity contribution in [2.75, 3.05) is 98.7 Å². The highest BCUT2D eigenvalue weighted by atomic mass is 16.6. The van der Waals surface area contributed by atoms with Gasteiger partial charge in [-0.1, -0.05) is 17.7 Å². The van der Waals surface area contributed by atoms with Gasteiger partial charge in [-0.3, -0.25) is 9.80 Å². The van der Waals surface area contributed by atoms with Crippen molar-refractivity contribution < 1.29 is 47.9 Å². The maximum absolute atomic E-state index is 13.0. The van der Waals surface area contributed by atoms with Gasteiger partial charge in [0, 0.05) is 39.3 Å². The van der Waals surface area contributed by atoms with Gasteiger partial charge in [-0.15, -0.1) is 0 Å². The summed E-state index contributed by atoms with van der Waals surface area (Å²) in [6.07, 6.45) is 2.59. The summed E-state index contributed by atoms with van der Waals surface area (Å²) in [5, 5.41) is 11.3. The van der Waals surface area contributed by atoms with Gasteiger partial charge in [0.1, 0.15) is 17.8 Å². The molecule has 0 aromatic heterocycles. The molecule has 1 N–H and O–H groups in total. The van der Waals surface area contributed by atoms with Crippen molar-refractivity contribution in [3.05, 3.63) is 40.1 Å². The topological polar surface area (TPSA) is 125 Å². The van der Waals surface area contributed by atoms with Gasteiger partial charge < -0.3 is 38.3 Å². The molecule has 2 fully saturated rings. The van der Waals surface area contributed by atoms with E-state index in [1.165, 1.54) is 0 Å². The Balaban J connectivity index is 0.976. The minimum absolute atomic E-state index is 0.0593. The fraction of sp³-hybridized carbons (Fsp3) is 0.737. The molecule has 1 aromatic carbocycles. The van der Waals surface area contributed by atoms with Gasteiger partial charge in [-0.25, -0.2) is 9.59 Å². The Kier molecular flexibility index (Phi) is 15.5. The lowest BCUT2D eigenvalue weighted by Gasteiger charge is -2.35. The van der Waals surface area contributed by atoms with E-state index in [1.54, 1.807) is 0 Å². The molecule has 1 saturated carbocycles. The van der Waals surface area contributed by atoms with Gasteiger partial charge in [0.05, 0.1) is 59.0 Å². The summed E-state index contributed by atoms with van der Waals surface area (Å²) in [7, 11) is 0. The number of carbonyl (C=O) groups excluding carboxylic acids is 2. The number of aliphatic hydroxyl groups is 1. The van der Waals surface area contributed by atoms with Crippen molar-refractivity contribution in [2.24, 2.45) is 0 Å². The standard InChI is InChI=1S/C38H60N2O10/c1-28-25-29(2)33(30(3)26-28)34-35(42)38(50-36(34)43)9-7-31(8-10-38)48-24-23-45-18-16-40-13-11-39(12-14-40)15-17-44-19-20-46-21-22-47-27-32(41)49-37(4,5)6/h25-26,31,42H,7-24,27H2,1-6H3/t31-,38+. The van der Waals surface area contributed by atoms with Crippen LogP contribution in [0, 0.1) is 20.8 Å². The highest BCUT2D eigenvalue weighted by Crippen LogP contribution is 2.46. The maximum Gasteiger partial charge on any atom is 0.343 e. The van der Waals surface area contributed by atoms with E-state index in [0.29, 0.717) is 84.1 Å². The maximum atomic E-state index is 13.0. The van der Waals surface area contributed by atoms with Crippen LogP contribution in [0.1, 0.15) is 68.7 Å². The van der Waals surface area contributed by atoms with E-state index in [1.807, 2.05) is 53.7 Å². The second-order valence-corrected chi connectivity index (χ2v) is 14.6. The fourth-order valence-corrected chi connectivity index (χ4v) is 6.93. The molecule has 282 valence electrons. The second-order valence-electron chi connectivity index (χ2n) is 14.6. The molecule has 0 amide bonds. The normalized spacial score (nSPS) is 22.0. The van der Waals surface area contributed by atoms with Crippen molar-refractivity contribution in [1.29, 1.82) is 0 Å². The van der Waals surface area contributed by atoms with Crippen LogP contribution in [0.5, 0.6) is 0 Å². The largest absolute Gasteiger partial charge is 0.507 e. The van der Waals surface area contributed by atoms with Crippen LogP contribution >= 0.6 is 0 Å². The Hall–Kier alpha value is -2.58. The first-order valence-corrected chi connectivity index (χ1v) is 18.2. The minimum Gasteiger partial charge on any atom is -0.507 e. The minimum atomic E-state index is -0.942. The quantitative estimate of drug-likeness (QED) is 0.164. The van der Waals surface area contributed by atoms with Crippen molar-refractivity contribution in [3.63, 3.8) is 0 Å². The third-order valence-corrected chi connectivity index (χ3v) is 9.36.